The Morgan fingerprint density at radius 3 is 2.78 bits per heavy atom. The molecule has 1 saturated carbocycles. The van der Waals surface area contributed by atoms with Gasteiger partial charge in [0.1, 0.15) is 5.82 Å². The molecule has 2 rings (SSSR count). The lowest BCUT2D eigenvalue weighted by Crippen LogP contribution is -2.31. The highest BCUT2D eigenvalue weighted by Crippen LogP contribution is 2.34. The van der Waals surface area contributed by atoms with Gasteiger partial charge in [-0.25, -0.2) is 4.39 Å². The molecule has 100 valence electrons. The van der Waals surface area contributed by atoms with Crippen molar-refractivity contribution >= 4 is 15.9 Å². The molecule has 1 N–H and O–H groups in total. The largest absolute Gasteiger partial charge is 0.307 e. The summed E-state index contributed by atoms with van der Waals surface area (Å²) in [6, 6.07) is 5.71. The fourth-order valence-corrected chi connectivity index (χ4v) is 2.78. The van der Waals surface area contributed by atoms with Crippen LogP contribution in [0.2, 0.25) is 0 Å². The summed E-state index contributed by atoms with van der Waals surface area (Å²) in [5.41, 5.74) is 0.749. The summed E-state index contributed by atoms with van der Waals surface area (Å²) in [7, 11) is 0. The van der Waals surface area contributed by atoms with Crippen LogP contribution >= 0.6 is 15.9 Å². The molecule has 0 bridgehead atoms. The van der Waals surface area contributed by atoms with Crippen LogP contribution in [0.5, 0.6) is 0 Å². The van der Waals surface area contributed by atoms with Crippen molar-refractivity contribution in [3.63, 3.8) is 0 Å². The average molecular weight is 314 g/mol. The Hall–Kier alpha value is -0.410. The molecule has 0 spiro atoms. The predicted molar refractivity (Wildman–Crippen MR) is 77.1 cm³/mol. The van der Waals surface area contributed by atoms with Crippen LogP contribution in [0.25, 0.3) is 0 Å². The number of hydrogen-bond acceptors (Lipinski definition) is 1. The molecule has 3 heteroatoms. The second kappa shape index (κ2) is 6.16. The van der Waals surface area contributed by atoms with Gasteiger partial charge < -0.3 is 5.32 Å². The molecule has 2 atom stereocenters. The molecule has 0 aliphatic heterocycles. The summed E-state index contributed by atoms with van der Waals surface area (Å²) in [5.74, 6) is 0.779. The van der Waals surface area contributed by atoms with Crippen LogP contribution in [-0.2, 0) is 0 Å². The third-order valence-electron chi connectivity index (χ3n) is 3.72. The van der Waals surface area contributed by atoms with Crippen molar-refractivity contribution in [2.24, 2.45) is 5.92 Å². The lowest BCUT2D eigenvalue weighted by Gasteiger charge is -2.23. The van der Waals surface area contributed by atoms with E-state index >= 15 is 0 Å². The fraction of sp³-hybridized carbons (Fsp3) is 0.600. The summed E-state index contributed by atoms with van der Waals surface area (Å²) in [6.07, 6.45) is 5.09. The van der Waals surface area contributed by atoms with E-state index in [9.17, 15) is 4.39 Å². The average Bonchev–Trinajstić information content (AvgIpc) is 3.15. The van der Waals surface area contributed by atoms with Gasteiger partial charge in [0, 0.05) is 22.1 Å². The van der Waals surface area contributed by atoms with Crippen molar-refractivity contribution in [1.29, 1.82) is 0 Å². The predicted octanol–water partition coefficient (Wildman–Crippen LogP) is 4.82. The third kappa shape index (κ3) is 3.79. The number of halogens is 2. The van der Waals surface area contributed by atoms with Gasteiger partial charge >= 0.3 is 0 Å². The van der Waals surface area contributed by atoms with Crippen LogP contribution in [0.3, 0.4) is 0 Å². The Balaban J connectivity index is 2.00. The molecule has 0 heterocycles. The summed E-state index contributed by atoms with van der Waals surface area (Å²) in [6.45, 7) is 4.24. The molecule has 0 aromatic heterocycles. The van der Waals surface area contributed by atoms with E-state index in [2.05, 4.69) is 28.2 Å². The zero-order valence-electron chi connectivity index (χ0n) is 11.0. The maximum absolute atomic E-state index is 13.8. The molecule has 1 aromatic carbocycles. The molecule has 1 aromatic rings. The van der Waals surface area contributed by atoms with Gasteiger partial charge in [0.25, 0.3) is 0 Å². The van der Waals surface area contributed by atoms with Crippen molar-refractivity contribution in [2.45, 2.75) is 51.6 Å². The SMILES string of the molecule is CCC(CC1CC1)NC(C)c1cc(Br)ccc1F. The molecule has 1 aliphatic rings. The minimum atomic E-state index is -0.125. The van der Waals surface area contributed by atoms with Crippen LogP contribution in [0.1, 0.15) is 51.1 Å². The number of benzene rings is 1. The molecule has 2 unspecified atom stereocenters. The molecule has 18 heavy (non-hydrogen) atoms. The minimum Gasteiger partial charge on any atom is -0.307 e. The van der Waals surface area contributed by atoms with Gasteiger partial charge in [0.15, 0.2) is 0 Å². The highest BCUT2D eigenvalue weighted by Gasteiger charge is 2.25. The second-order valence-corrected chi connectivity index (χ2v) is 6.25. The van der Waals surface area contributed by atoms with Gasteiger partial charge in [0.05, 0.1) is 0 Å². The van der Waals surface area contributed by atoms with Crippen molar-refractivity contribution in [3.8, 4) is 0 Å². The van der Waals surface area contributed by atoms with Gasteiger partial charge in [-0.1, -0.05) is 35.7 Å². The normalized spacial score (nSPS) is 18.7. The van der Waals surface area contributed by atoms with Crippen LogP contribution in [0, 0.1) is 11.7 Å². The molecule has 0 radical (unpaired) electrons. The van der Waals surface area contributed by atoms with E-state index in [1.807, 2.05) is 13.0 Å². The van der Waals surface area contributed by atoms with E-state index in [0.717, 1.165) is 22.4 Å². The topological polar surface area (TPSA) is 12.0 Å². The van der Waals surface area contributed by atoms with Crippen molar-refractivity contribution in [2.75, 3.05) is 0 Å². The molecule has 1 aliphatic carbocycles. The Labute approximate surface area is 117 Å². The Bertz CT molecular complexity index is 403. The van der Waals surface area contributed by atoms with E-state index in [1.165, 1.54) is 25.3 Å². The first kappa shape index (κ1) is 14.0. The smallest absolute Gasteiger partial charge is 0.128 e. The first-order valence-corrected chi connectivity index (χ1v) is 7.60. The van der Waals surface area contributed by atoms with Gasteiger partial charge in [-0.2, -0.15) is 0 Å². The second-order valence-electron chi connectivity index (χ2n) is 5.34. The van der Waals surface area contributed by atoms with Gasteiger partial charge in [-0.05, 0) is 43.9 Å². The zero-order chi connectivity index (χ0) is 13.1. The standard InChI is InChI=1S/C15H21BrFN/c1-3-13(8-11-4-5-11)18-10(2)14-9-12(16)6-7-15(14)17/h6-7,9-11,13,18H,3-5,8H2,1-2H3. The molecule has 0 amide bonds. The number of hydrogen-bond donors (Lipinski definition) is 1. The highest BCUT2D eigenvalue weighted by atomic mass is 79.9. The highest BCUT2D eigenvalue weighted by molar-refractivity contribution is 9.10. The van der Waals surface area contributed by atoms with Crippen molar-refractivity contribution in [3.05, 3.63) is 34.1 Å². The van der Waals surface area contributed by atoms with Crippen molar-refractivity contribution < 1.29 is 4.39 Å². The summed E-state index contributed by atoms with van der Waals surface area (Å²) in [5, 5.41) is 3.56. The fourth-order valence-electron chi connectivity index (χ4n) is 2.40. The number of nitrogens with one attached hydrogen (secondary N) is 1. The van der Waals surface area contributed by atoms with Gasteiger partial charge in [-0.15, -0.1) is 0 Å². The van der Waals surface area contributed by atoms with Crippen LogP contribution in [0.4, 0.5) is 4.39 Å². The van der Waals surface area contributed by atoms with E-state index in [4.69, 9.17) is 0 Å². The summed E-state index contributed by atoms with van der Waals surface area (Å²) in [4.78, 5) is 0. The molecule has 1 nitrogen and oxygen atoms in total. The zero-order valence-corrected chi connectivity index (χ0v) is 12.6. The van der Waals surface area contributed by atoms with Crippen molar-refractivity contribution in [1.82, 2.24) is 5.32 Å². The lowest BCUT2D eigenvalue weighted by molar-refractivity contribution is 0.397. The quantitative estimate of drug-likeness (QED) is 0.794. The summed E-state index contributed by atoms with van der Waals surface area (Å²) < 4.78 is 14.7. The van der Waals surface area contributed by atoms with Gasteiger partial charge in [-0.3, -0.25) is 0 Å². The van der Waals surface area contributed by atoms with Crippen LogP contribution in [-0.4, -0.2) is 6.04 Å². The molecule has 0 saturated heterocycles. The van der Waals surface area contributed by atoms with Gasteiger partial charge in [0.2, 0.25) is 0 Å². The first-order valence-electron chi connectivity index (χ1n) is 6.81. The monoisotopic (exact) mass is 313 g/mol. The number of rotatable bonds is 6. The van der Waals surface area contributed by atoms with E-state index in [-0.39, 0.29) is 11.9 Å². The van der Waals surface area contributed by atoms with E-state index < -0.39 is 0 Å². The molecule has 1 fully saturated rings. The van der Waals surface area contributed by atoms with E-state index in [1.54, 1.807) is 6.07 Å². The van der Waals surface area contributed by atoms with E-state index in [0.29, 0.717) is 6.04 Å². The molecular formula is C15H21BrFN. The Morgan fingerprint density at radius 1 is 1.44 bits per heavy atom. The minimum absolute atomic E-state index is 0.0613. The molecular weight excluding hydrogens is 293 g/mol. The Kier molecular flexibility index (Phi) is 4.79. The Morgan fingerprint density at radius 2 is 2.17 bits per heavy atom. The first-order chi connectivity index (χ1) is 8.60. The maximum Gasteiger partial charge on any atom is 0.128 e. The third-order valence-corrected chi connectivity index (χ3v) is 4.21. The lowest BCUT2D eigenvalue weighted by atomic mass is 10.0. The maximum atomic E-state index is 13.8. The summed E-state index contributed by atoms with van der Waals surface area (Å²) >= 11 is 3.40. The van der Waals surface area contributed by atoms with Crippen LogP contribution in [0.15, 0.2) is 22.7 Å². The van der Waals surface area contributed by atoms with Crippen LogP contribution < -0.4 is 5.32 Å².